The van der Waals surface area contributed by atoms with Crippen LogP contribution in [-0.4, -0.2) is 12.3 Å². The molecule has 1 saturated carbocycles. The maximum atomic E-state index is 4.48. The first-order valence-electron chi connectivity index (χ1n) is 4.17. The topological polar surface area (TPSA) is 12.4 Å². The van der Waals surface area contributed by atoms with Crippen molar-refractivity contribution in [2.24, 2.45) is 10.9 Å². The van der Waals surface area contributed by atoms with Crippen molar-refractivity contribution in [3.05, 3.63) is 12.2 Å². The lowest BCUT2D eigenvalue weighted by Crippen LogP contribution is -2.19. The van der Waals surface area contributed by atoms with E-state index in [9.17, 15) is 0 Å². The number of fused-ring (bicyclic) bond motifs is 1. The van der Waals surface area contributed by atoms with Crippen LogP contribution in [0.3, 0.4) is 0 Å². The molecule has 0 aromatic heterocycles. The highest BCUT2D eigenvalue weighted by molar-refractivity contribution is 5.89. The molecule has 2 aliphatic rings. The summed E-state index contributed by atoms with van der Waals surface area (Å²) in [6.07, 6.45) is 9.89. The monoisotopic (exact) mass is 135 g/mol. The maximum Gasteiger partial charge on any atom is 0.0570 e. The van der Waals surface area contributed by atoms with E-state index in [-0.39, 0.29) is 0 Å². The van der Waals surface area contributed by atoms with Crippen molar-refractivity contribution >= 4 is 5.71 Å². The zero-order valence-electron chi connectivity index (χ0n) is 6.21. The minimum Gasteiger partial charge on any atom is -0.289 e. The van der Waals surface area contributed by atoms with Crippen molar-refractivity contribution < 1.29 is 0 Å². The molecule has 1 nitrogen and oxygen atoms in total. The number of rotatable bonds is 0. The fraction of sp³-hybridized carbons (Fsp3) is 0.667. The van der Waals surface area contributed by atoms with E-state index in [0.29, 0.717) is 0 Å². The molecule has 1 aliphatic carbocycles. The average molecular weight is 135 g/mol. The van der Waals surface area contributed by atoms with Gasteiger partial charge in [0.1, 0.15) is 0 Å². The number of hydrogen-bond donors (Lipinski definition) is 0. The molecule has 1 fully saturated rings. The zero-order valence-corrected chi connectivity index (χ0v) is 6.21. The van der Waals surface area contributed by atoms with Crippen molar-refractivity contribution in [1.29, 1.82) is 0 Å². The van der Waals surface area contributed by atoms with Gasteiger partial charge in [-0.25, -0.2) is 0 Å². The van der Waals surface area contributed by atoms with Crippen LogP contribution in [0.4, 0.5) is 0 Å². The Morgan fingerprint density at radius 1 is 1.40 bits per heavy atom. The highest BCUT2D eigenvalue weighted by atomic mass is 14.7. The van der Waals surface area contributed by atoms with Crippen LogP contribution in [-0.2, 0) is 0 Å². The standard InChI is InChI=1S/C9H13N/c1-2-6-9-8(4-1)5-3-7-10-9/h3,5,8H,1-2,4,6-7H2. The average Bonchev–Trinajstić information content (AvgIpc) is 2.05. The molecule has 2 rings (SSSR count). The summed E-state index contributed by atoms with van der Waals surface area (Å²) in [5.41, 5.74) is 1.47. The molecule has 0 aromatic carbocycles. The fourth-order valence-corrected chi connectivity index (χ4v) is 1.82. The van der Waals surface area contributed by atoms with Crippen LogP contribution in [0.5, 0.6) is 0 Å². The van der Waals surface area contributed by atoms with Crippen molar-refractivity contribution in [3.8, 4) is 0 Å². The van der Waals surface area contributed by atoms with Gasteiger partial charge in [0.15, 0.2) is 0 Å². The molecule has 54 valence electrons. The lowest BCUT2D eigenvalue weighted by molar-refractivity contribution is 0.587. The highest BCUT2D eigenvalue weighted by Crippen LogP contribution is 2.24. The molecule has 0 saturated heterocycles. The Balaban J connectivity index is 2.13. The Kier molecular flexibility index (Phi) is 1.58. The minimum absolute atomic E-state index is 0.725. The summed E-state index contributed by atoms with van der Waals surface area (Å²) < 4.78 is 0. The van der Waals surface area contributed by atoms with Crippen molar-refractivity contribution in [3.63, 3.8) is 0 Å². The number of hydrogen-bond acceptors (Lipinski definition) is 1. The molecule has 0 aromatic rings. The van der Waals surface area contributed by atoms with Crippen LogP contribution >= 0.6 is 0 Å². The second-order valence-electron chi connectivity index (χ2n) is 3.11. The number of aliphatic imine (C=N–C) groups is 1. The zero-order chi connectivity index (χ0) is 6.81. The second-order valence-corrected chi connectivity index (χ2v) is 3.11. The molecule has 1 unspecified atom stereocenters. The van der Waals surface area contributed by atoms with E-state index in [4.69, 9.17) is 0 Å². The summed E-state index contributed by atoms with van der Waals surface area (Å²) in [6.45, 7) is 0.936. The summed E-state index contributed by atoms with van der Waals surface area (Å²) >= 11 is 0. The van der Waals surface area contributed by atoms with Gasteiger partial charge in [0.05, 0.1) is 6.54 Å². The van der Waals surface area contributed by atoms with Crippen LogP contribution in [0.15, 0.2) is 17.1 Å². The molecular formula is C9H13N. The molecule has 0 amide bonds. The first-order valence-corrected chi connectivity index (χ1v) is 4.17. The summed E-state index contributed by atoms with van der Waals surface area (Å²) in [5.74, 6) is 0.725. The molecule has 0 spiro atoms. The van der Waals surface area contributed by atoms with Crippen molar-refractivity contribution in [2.45, 2.75) is 25.7 Å². The predicted octanol–water partition coefficient (Wildman–Crippen LogP) is 2.19. The summed E-state index contributed by atoms with van der Waals surface area (Å²) in [7, 11) is 0. The summed E-state index contributed by atoms with van der Waals surface area (Å²) in [6, 6.07) is 0. The Morgan fingerprint density at radius 3 is 3.30 bits per heavy atom. The van der Waals surface area contributed by atoms with Gasteiger partial charge in [-0.2, -0.15) is 0 Å². The van der Waals surface area contributed by atoms with E-state index in [1.807, 2.05) is 0 Å². The van der Waals surface area contributed by atoms with E-state index >= 15 is 0 Å². The molecular weight excluding hydrogens is 122 g/mol. The fourth-order valence-electron chi connectivity index (χ4n) is 1.82. The van der Waals surface area contributed by atoms with Crippen LogP contribution in [0.25, 0.3) is 0 Å². The van der Waals surface area contributed by atoms with Crippen molar-refractivity contribution in [2.75, 3.05) is 6.54 Å². The lowest BCUT2D eigenvalue weighted by Gasteiger charge is -2.23. The van der Waals surface area contributed by atoms with E-state index in [1.54, 1.807) is 0 Å². The summed E-state index contributed by atoms with van der Waals surface area (Å²) in [4.78, 5) is 4.48. The van der Waals surface area contributed by atoms with E-state index in [2.05, 4.69) is 17.1 Å². The molecule has 1 heterocycles. The SMILES string of the molecule is C1=CC2CCCCC2=NC1. The van der Waals surface area contributed by atoms with Gasteiger partial charge in [0.25, 0.3) is 0 Å². The van der Waals surface area contributed by atoms with Gasteiger partial charge in [-0.15, -0.1) is 0 Å². The first kappa shape index (κ1) is 6.14. The third-order valence-electron chi connectivity index (χ3n) is 2.39. The smallest absolute Gasteiger partial charge is 0.0570 e. The quantitative estimate of drug-likeness (QED) is 0.451. The minimum atomic E-state index is 0.725. The third kappa shape index (κ3) is 1.00. The molecule has 0 N–H and O–H groups in total. The maximum absolute atomic E-state index is 4.48. The molecule has 10 heavy (non-hydrogen) atoms. The first-order chi connectivity index (χ1) is 4.97. The van der Waals surface area contributed by atoms with Gasteiger partial charge < -0.3 is 0 Å². The van der Waals surface area contributed by atoms with Gasteiger partial charge in [-0.05, 0) is 19.3 Å². The molecule has 1 heteroatoms. The Bertz CT molecular complexity index is 179. The van der Waals surface area contributed by atoms with Gasteiger partial charge in [0, 0.05) is 11.6 Å². The Hall–Kier alpha value is -0.590. The van der Waals surface area contributed by atoms with Crippen LogP contribution < -0.4 is 0 Å². The highest BCUT2D eigenvalue weighted by Gasteiger charge is 2.18. The van der Waals surface area contributed by atoms with E-state index < -0.39 is 0 Å². The Labute approximate surface area is 61.9 Å². The Morgan fingerprint density at radius 2 is 2.40 bits per heavy atom. The largest absolute Gasteiger partial charge is 0.289 e. The third-order valence-corrected chi connectivity index (χ3v) is 2.39. The van der Waals surface area contributed by atoms with Crippen LogP contribution in [0, 0.1) is 5.92 Å². The van der Waals surface area contributed by atoms with Gasteiger partial charge >= 0.3 is 0 Å². The number of dihydropyridines is 1. The van der Waals surface area contributed by atoms with Crippen molar-refractivity contribution in [1.82, 2.24) is 0 Å². The van der Waals surface area contributed by atoms with Crippen LogP contribution in [0.2, 0.25) is 0 Å². The number of allylic oxidation sites excluding steroid dienone is 1. The van der Waals surface area contributed by atoms with E-state index in [0.717, 1.165) is 12.5 Å². The molecule has 0 radical (unpaired) electrons. The molecule has 0 bridgehead atoms. The van der Waals surface area contributed by atoms with Crippen LogP contribution in [0.1, 0.15) is 25.7 Å². The predicted molar refractivity (Wildman–Crippen MR) is 43.4 cm³/mol. The van der Waals surface area contributed by atoms with Gasteiger partial charge in [-0.1, -0.05) is 18.6 Å². The van der Waals surface area contributed by atoms with Gasteiger partial charge in [0.2, 0.25) is 0 Å². The lowest BCUT2D eigenvalue weighted by atomic mass is 9.86. The summed E-state index contributed by atoms with van der Waals surface area (Å²) in [5, 5.41) is 0. The van der Waals surface area contributed by atoms with E-state index in [1.165, 1.54) is 31.4 Å². The number of nitrogens with zero attached hydrogens (tertiary/aromatic N) is 1. The second kappa shape index (κ2) is 2.57. The molecule has 1 aliphatic heterocycles. The molecule has 1 atom stereocenters. The van der Waals surface area contributed by atoms with Gasteiger partial charge in [-0.3, -0.25) is 4.99 Å². The normalized spacial score (nSPS) is 31.2.